The van der Waals surface area contributed by atoms with Crippen LogP contribution in [0.2, 0.25) is 0 Å². The summed E-state index contributed by atoms with van der Waals surface area (Å²) in [5.74, 6) is -1.23. The second-order valence-corrected chi connectivity index (χ2v) is 5.54. The number of nitro groups is 1. The first kappa shape index (κ1) is 16.9. The molecule has 23 heavy (non-hydrogen) atoms. The number of aliphatic imine (C=N–C) groups is 1. The molecule has 1 aromatic carbocycles. The van der Waals surface area contributed by atoms with Crippen molar-refractivity contribution in [2.45, 2.75) is 39.7 Å². The summed E-state index contributed by atoms with van der Waals surface area (Å²) in [6, 6.07) is 6.31. The number of hydrogen-bond donors (Lipinski definition) is 0. The van der Waals surface area contributed by atoms with E-state index in [0.717, 1.165) is 11.1 Å². The molecule has 0 bridgehead atoms. The van der Waals surface area contributed by atoms with Gasteiger partial charge < -0.3 is 4.74 Å². The fraction of sp³-hybridized carbons (Fsp3) is 0.412. The van der Waals surface area contributed by atoms with E-state index in [2.05, 4.69) is 4.99 Å². The zero-order valence-electron chi connectivity index (χ0n) is 13.7. The van der Waals surface area contributed by atoms with Crippen molar-refractivity contribution in [3.05, 3.63) is 56.8 Å². The highest BCUT2D eigenvalue weighted by Gasteiger charge is 2.45. The Labute approximate surface area is 135 Å². The molecule has 0 spiro atoms. The van der Waals surface area contributed by atoms with Crippen LogP contribution in [0.15, 0.2) is 40.5 Å². The number of hydrogen-bond acceptors (Lipinski definition) is 5. The fourth-order valence-corrected chi connectivity index (χ4v) is 3.03. The molecule has 0 radical (unpaired) electrons. The number of esters is 1. The molecular weight excluding hydrogens is 296 g/mol. The van der Waals surface area contributed by atoms with Gasteiger partial charge in [0.1, 0.15) is 0 Å². The van der Waals surface area contributed by atoms with E-state index in [1.165, 1.54) is 0 Å². The second-order valence-electron chi connectivity index (χ2n) is 5.54. The van der Waals surface area contributed by atoms with Crippen molar-refractivity contribution in [2.24, 2.45) is 4.99 Å². The van der Waals surface area contributed by atoms with Crippen LogP contribution < -0.4 is 0 Å². The lowest BCUT2D eigenvalue weighted by Crippen LogP contribution is -2.40. The number of carbonyl (C=O) groups excluding carboxylic acids is 1. The van der Waals surface area contributed by atoms with Crippen molar-refractivity contribution < 1.29 is 14.5 Å². The third-order valence-corrected chi connectivity index (χ3v) is 4.03. The van der Waals surface area contributed by atoms with E-state index in [4.69, 9.17) is 4.74 Å². The van der Waals surface area contributed by atoms with Gasteiger partial charge in [-0.3, -0.25) is 15.1 Å². The molecular formula is C17H20N2O4. The van der Waals surface area contributed by atoms with Crippen molar-refractivity contribution in [1.29, 1.82) is 0 Å². The lowest BCUT2D eigenvalue weighted by Gasteiger charge is -2.28. The van der Waals surface area contributed by atoms with E-state index in [9.17, 15) is 14.9 Å². The summed E-state index contributed by atoms with van der Waals surface area (Å²) in [5, 5.41) is 11.6. The van der Waals surface area contributed by atoms with Gasteiger partial charge in [0.15, 0.2) is 0 Å². The first-order chi connectivity index (χ1) is 10.9. The highest BCUT2D eigenvalue weighted by atomic mass is 16.6. The standard InChI is InChI=1S/C17H20N2O4/c1-5-23-17(20)14-11(3)18-12(4)16(19(21)22)15(14)13-9-7-6-8-10(13)2/h6-9,15-16H,5H2,1-4H3. The maximum Gasteiger partial charge on any atom is 0.336 e. The van der Waals surface area contributed by atoms with Crippen LogP contribution in [-0.4, -0.2) is 29.3 Å². The highest BCUT2D eigenvalue weighted by molar-refractivity contribution is 5.98. The molecule has 0 aliphatic carbocycles. The normalized spacial score (nSPS) is 21.0. The Balaban J connectivity index is 2.68. The molecule has 2 rings (SSSR count). The molecule has 0 fully saturated rings. The summed E-state index contributed by atoms with van der Waals surface area (Å²) in [4.78, 5) is 27.9. The molecule has 0 saturated heterocycles. The summed E-state index contributed by atoms with van der Waals surface area (Å²) in [6.45, 7) is 7.12. The van der Waals surface area contributed by atoms with E-state index in [0.29, 0.717) is 11.4 Å². The third kappa shape index (κ3) is 3.16. The summed E-state index contributed by atoms with van der Waals surface area (Å²) in [5.41, 5.74) is 2.80. The molecule has 6 nitrogen and oxygen atoms in total. The van der Waals surface area contributed by atoms with Gasteiger partial charge in [-0.15, -0.1) is 0 Å². The van der Waals surface area contributed by atoms with Crippen LogP contribution in [-0.2, 0) is 9.53 Å². The largest absolute Gasteiger partial charge is 0.463 e. The number of aryl methyl sites for hydroxylation is 1. The SMILES string of the molecule is CCOC(=O)C1=C(C)N=C(C)C([N+](=O)[O-])C1c1ccccc1C. The number of nitrogens with zero attached hydrogens (tertiary/aromatic N) is 2. The zero-order valence-corrected chi connectivity index (χ0v) is 13.7. The van der Waals surface area contributed by atoms with Crippen molar-refractivity contribution in [2.75, 3.05) is 6.61 Å². The van der Waals surface area contributed by atoms with Crippen LogP contribution in [0, 0.1) is 17.0 Å². The summed E-state index contributed by atoms with van der Waals surface area (Å²) in [6.07, 6.45) is 0. The van der Waals surface area contributed by atoms with Crippen molar-refractivity contribution >= 4 is 11.7 Å². The average molecular weight is 316 g/mol. The minimum Gasteiger partial charge on any atom is -0.463 e. The van der Waals surface area contributed by atoms with Crippen molar-refractivity contribution in [1.82, 2.24) is 0 Å². The first-order valence-electron chi connectivity index (χ1n) is 7.50. The third-order valence-electron chi connectivity index (χ3n) is 4.03. The Kier molecular flexibility index (Phi) is 4.93. The lowest BCUT2D eigenvalue weighted by molar-refractivity contribution is -0.505. The zero-order chi connectivity index (χ0) is 17.1. The van der Waals surface area contributed by atoms with Gasteiger partial charge in [0.05, 0.1) is 23.8 Å². The number of ether oxygens (including phenoxy) is 1. The molecule has 2 atom stereocenters. The van der Waals surface area contributed by atoms with Crippen LogP contribution in [0.4, 0.5) is 0 Å². The van der Waals surface area contributed by atoms with Crippen LogP contribution in [0.1, 0.15) is 37.8 Å². The Morgan fingerprint density at radius 2 is 1.96 bits per heavy atom. The average Bonchev–Trinajstić information content (AvgIpc) is 2.46. The van der Waals surface area contributed by atoms with Crippen LogP contribution >= 0.6 is 0 Å². The van der Waals surface area contributed by atoms with Crippen LogP contribution in [0.3, 0.4) is 0 Å². The summed E-state index contributed by atoms with van der Waals surface area (Å²) in [7, 11) is 0. The topological polar surface area (TPSA) is 81.8 Å². The van der Waals surface area contributed by atoms with Crippen molar-refractivity contribution in [3.63, 3.8) is 0 Å². The van der Waals surface area contributed by atoms with Crippen LogP contribution in [0.25, 0.3) is 0 Å². The summed E-state index contributed by atoms with van der Waals surface area (Å²) >= 11 is 0. The maximum atomic E-state index is 12.4. The van der Waals surface area contributed by atoms with Gasteiger partial charge in [-0.1, -0.05) is 24.3 Å². The fourth-order valence-electron chi connectivity index (χ4n) is 3.03. The minimum absolute atomic E-state index is 0.210. The number of rotatable bonds is 4. The Morgan fingerprint density at radius 1 is 1.30 bits per heavy atom. The quantitative estimate of drug-likeness (QED) is 0.485. The minimum atomic E-state index is -1.07. The van der Waals surface area contributed by atoms with Crippen LogP contribution in [0.5, 0.6) is 0 Å². The molecule has 0 aromatic heterocycles. The van der Waals surface area contributed by atoms with Gasteiger partial charge in [-0.2, -0.15) is 0 Å². The maximum absolute atomic E-state index is 12.4. The lowest BCUT2D eigenvalue weighted by atomic mass is 9.78. The molecule has 1 aromatic rings. The molecule has 1 heterocycles. The van der Waals surface area contributed by atoms with Gasteiger partial charge in [-0.05, 0) is 38.8 Å². The monoisotopic (exact) mass is 316 g/mol. The number of benzene rings is 1. The van der Waals surface area contributed by atoms with Gasteiger partial charge >= 0.3 is 5.97 Å². The van der Waals surface area contributed by atoms with Gasteiger partial charge in [0, 0.05) is 10.6 Å². The number of carbonyl (C=O) groups is 1. The van der Waals surface area contributed by atoms with Crippen molar-refractivity contribution in [3.8, 4) is 0 Å². The molecule has 6 heteroatoms. The molecule has 0 saturated carbocycles. The smallest absolute Gasteiger partial charge is 0.336 e. The predicted molar refractivity (Wildman–Crippen MR) is 87.1 cm³/mol. The Morgan fingerprint density at radius 3 is 2.52 bits per heavy atom. The molecule has 122 valence electrons. The number of allylic oxidation sites excluding steroid dienone is 1. The van der Waals surface area contributed by atoms with E-state index in [-0.39, 0.29) is 17.1 Å². The molecule has 1 aliphatic heterocycles. The second kappa shape index (κ2) is 6.73. The van der Waals surface area contributed by atoms with E-state index < -0.39 is 17.9 Å². The Bertz CT molecular complexity index is 706. The molecule has 1 aliphatic rings. The summed E-state index contributed by atoms with van der Waals surface area (Å²) < 4.78 is 5.12. The molecule has 0 amide bonds. The molecule has 0 N–H and O–H groups in total. The van der Waals surface area contributed by atoms with E-state index >= 15 is 0 Å². The van der Waals surface area contributed by atoms with E-state index in [1.807, 2.05) is 31.2 Å². The predicted octanol–water partition coefficient (Wildman–Crippen LogP) is 3.04. The molecule has 2 unspecified atom stereocenters. The van der Waals surface area contributed by atoms with E-state index in [1.54, 1.807) is 20.8 Å². The van der Waals surface area contributed by atoms with Gasteiger partial charge in [0.25, 0.3) is 6.04 Å². The van der Waals surface area contributed by atoms with Gasteiger partial charge in [-0.25, -0.2) is 4.79 Å². The van der Waals surface area contributed by atoms with Gasteiger partial charge in [0.2, 0.25) is 0 Å². The Hall–Kier alpha value is -2.50. The first-order valence-corrected chi connectivity index (χ1v) is 7.50. The highest BCUT2D eigenvalue weighted by Crippen LogP contribution is 2.38.